The predicted molar refractivity (Wildman–Crippen MR) is 114 cm³/mol. The number of imidazole rings is 2. The lowest BCUT2D eigenvalue weighted by atomic mass is 10.5. The van der Waals surface area contributed by atoms with Crippen molar-refractivity contribution in [2.24, 2.45) is 0 Å². The van der Waals surface area contributed by atoms with Gasteiger partial charge in [-0.25, -0.2) is 19.9 Å². The Bertz CT molecular complexity index is 991. The van der Waals surface area contributed by atoms with Gasteiger partial charge < -0.3 is 32.1 Å². The normalized spacial score (nSPS) is 11.3. The van der Waals surface area contributed by atoms with Crippen molar-refractivity contribution in [3.05, 3.63) is 12.7 Å². The molecule has 14 heteroatoms. The van der Waals surface area contributed by atoms with Gasteiger partial charge in [-0.2, -0.15) is 9.97 Å². The van der Waals surface area contributed by atoms with Crippen LogP contribution in [0.2, 0.25) is 0 Å². The summed E-state index contributed by atoms with van der Waals surface area (Å²) in [5, 5.41) is 6.44. The Labute approximate surface area is 166 Å². The maximum Gasteiger partial charge on any atom is 0.202 e. The van der Waals surface area contributed by atoms with Gasteiger partial charge in [-0.1, -0.05) is 21.6 Å². The molecule has 12 nitrogen and oxygen atoms in total. The van der Waals surface area contributed by atoms with Crippen molar-refractivity contribution in [1.82, 2.24) is 39.9 Å². The molecule has 4 rings (SSSR count). The number of nitrogens with two attached hydrogens (primary N) is 2. The molecule has 4 aromatic rings. The van der Waals surface area contributed by atoms with Crippen LogP contribution < -0.4 is 22.1 Å². The van der Waals surface area contributed by atoms with E-state index in [4.69, 9.17) is 11.5 Å². The summed E-state index contributed by atoms with van der Waals surface area (Å²) in [7, 11) is 3.54. The van der Waals surface area contributed by atoms with Crippen molar-refractivity contribution in [2.75, 3.05) is 46.7 Å². The maximum atomic E-state index is 5.78. The van der Waals surface area contributed by atoms with E-state index >= 15 is 0 Å². The van der Waals surface area contributed by atoms with Crippen LogP contribution in [0.15, 0.2) is 12.7 Å². The summed E-state index contributed by atoms with van der Waals surface area (Å²) in [4.78, 5) is 30.8. The van der Waals surface area contributed by atoms with Crippen LogP contribution in [-0.4, -0.2) is 64.5 Å². The molecule has 0 aliphatic heterocycles. The summed E-state index contributed by atoms with van der Waals surface area (Å²) in [5.41, 5.74) is 14.0. The minimum atomic E-state index is 0.391. The second-order valence-corrected chi connectivity index (χ2v) is 8.29. The number of aromatic nitrogens is 8. The average molecular weight is 419 g/mol. The van der Waals surface area contributed by atoms with E-state index in [1.54, 1.807) is 21.6 Å². The first-order chi connectivity index (χ1) is 13.7. The van der Waals surface area contributed by atoms with E-state index < -0.39 is 0 Å². The van der Waals surface area contributed by atoms with E-state index in [0.717, 1.165) is 24.6 Å². The molecule has 0 atom stereocenters. The smallest absolute Gasteiger partial charge is 0.202 e. The molecule has 0 spiro atoms. The SMILES string of the molecule is Nc1ncnc2nc(NCCSSCCNc3nc4ncnc(N)c4[nH]3)[nH]c12. The molecular weight excluding hydrogens is 400 g/mol. The van der Waals surface area contributed by atoms with Gasteiger partial charge in [0, 0.05) is 24.6 Å². The van der Waals surface area contributed by atoms with Gasteiger partial charge in [0.2, 0.25) is 11.9 Å². The Morgan fingerprint density at radius 2 is 1.21 bits per heavy atom. The number of fused-ring (bicyclic) bond motifs is 2. The molecule has 0 unspecified atom stereocenters. The van der Waals surface area contributed by atoms with Gasteiger partial charge >= 0.3 is 0 Å². The minimum absolute atomic E-state index is 0.391. The van der Waals surface area contributed by atoms with E-state index in [1.165, 1.54) is 12.7 Å². The molecule has 4 heterocycles. The Kier molecular flexibility index (Phi) is 5.48. The molecule has 0 saturated heterocycles. The maximum absolute atomic E-state index is 5.78. The van der Waals surface area contributed by atoms with Gasteiger partial charge in [0.1, 0.15) is 23.7 Å². The largest absolute Gasteiger partial charge is 0.382 e. The zero-order chi connectivity index (χ0) is 19.3. The molecule has 0 amide bonds. The summed E-state index contributed by atoms with van der Waals surface area (Å²) in [6.07, 6.45) is 2.80. The molecule has 4 aromatic heterocycles. The van der Waals surface area contributed by atoms with Gasteiger partial charge in [-0.05, 0) is 0 Å². The molecule has 28 heavy (non-hydrogen) atoms. The summed E-state index contributed by atoms with van der Waals surface area (Å²) in [5.74, 6) is 3.90. The third-order valence-electron chi connectivity index (χ3n) is 3.67. The molecule has 0 aromatic carbocycles. The highest BCUT2D eigenvalue weighted by Crippen LogP contribution is 2.21. The molecule has 0 bridgehead atoms. The van der Waals surface area contributed by atoms with E-state index in [1.807, 2.05) is 0 Å². The number of H-pyrrole nitrogens is 2. The topological polar surface area (TPSA) is 185 Å². The summed E-state index contributed by atoms with van der Waals surface area (Å²) in [6, 6.07) is 0. The van der Waals surface area contributed by atoms with Crippen LogP contribution in [0.1, 0.15) is 0 Å². The zero-order valence-electron chi connectivity index (χ0n) is 14.6. The van der Waals surface area contributed by atoms with Gasteiger partial charge in [0.15, 0.2) is 22.9 Å². The Hall–Kier alpha value is -3.00. The van der Waals surface area contributed by atoms with Gasteiger partial charge in [-0.15, -0.1) is 0 Å². The van der Waals surface area contributed by atoms with Gasteiger partial charge in [0.05, 0.1) is 0 Å². The first-order valence-electron chi connectivity index (χ1n) is 8.35. The van der Waals surface area contributed by atoms with Crippen molar-refractivity contribution >= 4 is 67.4 Å². The van der Waals surface area contributed by atoms with Crippen LogP contribution in [0, 0.1) is 0 Å². The number of rotatable bonds is 9. The van der Waals surface area contributed by atoms with E-state index in [0.29, 0.717) is 45.9 Å². The predicted octanol–water partition coefficient (Wildman–Crippen LogP) is 1.09. The number of nitrogens with one attached hydrogen (secondary N) is 4. The summed E-state index contributed by atoms with van der Waals surface area (Å²) in [6.45, 7) is 1.53. The van der Waals surface area contributed by atoms with E-state index in [9.17, 15) is 0 Å². The molecule has 8 N–H and O–H groups in total. The lowest BCUT2D eigenvalue weighted by Gasteiger charge is -2.04. The lowest BCUT2D eigenvalue weighted by Crippen LogP contribution is -2.06. The molecular formula is C14H18N12S2. The summed E-state index contributed by atoms with van der Waals surface area (Å²) >= 11 is 0. The third-order valence-corrected chi connectivity index (χ3v) is 6.08. The fraction of sp³-hybridized carbons (Fsp3) is 0.286. The lowest BCUT2D eigenvalue weighted by molar-refractivity contribution is 1.15. The van der Waals surface area contributed by atoms with Crippen LogP contribution in [0.4, 0.5) is 23.5 Å². The zero-order valence-corrected chi connectivity index (χ0v) is 16.3. The summed E-state index contributed by atoms with van der Waals surface area (Å²) < 4.78 is 0. The minimum Gasteiger partial charge on any atom is -0.382 e. The second kappa shape index (κ2) is 8.35. The first-order valence-corrected chi connectivity index (χ1v) is 10.8. The van der Waals surface area contributed by atoms with Crippen LogP contribution in [0.25, 0.3) is 22.3 Å². The Balaban J connectivity index is 1.13. The Morgan fingerprint density at radius 3 is 1.64 bits per heavy atom. The van der Waals surface area contributed by atoms with Crippen LogP contribution in [0.5, 0.6) is 0 Å². The molecule has 0 fully saturated rings. The number of anilines is 4. The fourth-order valence-electron chi connectivity index (χ4n) is 2.40. The third kappa shape index (κ3) is 4.12. The Morgan fingerprint density at radius 1 is 0.750 bits per heavy atom. The number of hydrogen-bond donors (Lipinski definition) is 6. The average Bonchev–Trinajstić information content (AvgIpc) is 3.29. The van der Waals surface area contributed by atoms with Gasteiger partial charge in [-0.3, -0.25) is 0 Å². The van der Waals surface area contributed by atoms with Crippen molar-refractivity contribution in [2.45, 2.75) is 0 Å². The van der Waals surface area contributed by atoms with E-state index in [-0.39, 0.29) is 0 Å². The highest BCUT2D eigenvalue weighted by atomic mass is 33.1. The molecule has 146 valence electrons. The van der Waals surface area contributed by atoms with Crippen molar-refractivity contribution in [3.8, 4) is 0 Å². The number of nitrogen functional groups attached to an aromatic ring is 2. The van der Waals surface area contributed by atoms with Crippen molar-refractivity contribution in [1.29, 1.82) is 0 Å². The number of hydrogen-bond acceptors (Lipinski definition) is 12. The van der Waals surface area contributed by atoms with Crippen molar-refractivity contribution < 1.29 is 0 Å². The molecule has 0 aliphatic rings. The van der Waals surface area contributed by atoms with Crippen LogP contribution in [-0.2, 0) is 0 Å². The monoisotopic (exact) mass is 418 g/mol. The van der Waals surface area contributed by atoms with Crippen LogP contribution >= 0.6 is 21.6 Å². The second-order valence-electron chi connectivity index (χ2n) is 5.58. The van der Waals surface area contributed by atoms with Crippen LogP contribution in [0.3, 0.4) is 0 Å². The quantitative estimate of drug-likeness (QED) is 0.168. The standard InChI is InChI=1S/C14H18N12S2/c15-9-7-11(21-5-19-9)25-13(23-7)17-1-3-27-28-4-2-18-14-24-8-10(16)20-6-22-12(8)26-14/h5-6H,1-4H2,(H4,15,17,19,21,23,25)(H4,16,18,20,22,24,26). The van der Waals surface area contributed by atoms with E-state index in [2.05, 4.69) is 50.5 Å². The first kappa shape index (κ1) is 18.4. The molecule has 0 aliphatic carbocycles. The molecule has 0 saturated carbocycles. The fourth-order valence-corrected chi connectivity index (χ4v) is 4.21. The highest BCUT2D eigenvalue weighted by molar-refractivity contribution is 8.76. The number of aromatic amines is 2. The number of nitrogens with zero attached hydrogens (tertiary/aromatic N) is 6. The highest BCUT2D eigenvalue weighted by Gasteiger charge is 2.07. The van der Waals surface area contributed by atoms with Crippen molar-refractivity contribution in [3.63, 3.8) is 0 Å². The van der Waals surface area contributed by atoms with Gasteiger partial charge in [0.25, 0.3) is 0 Å². The molecule has 0 radical (unpaired) electrons.